The third-order valence-corrected chi connectivity index (χ3v) is 10.1. The number of unbranched alkanes of at least 4 members (excludes halogenated alkanes) is 18. The molecule has 0 radical (unpaired) electrons. The van der Waals surface area contributed by atoms with Gasteiger partial charge in [0.2, 0.25) is 0 Å². The van der Waals surface area contributed by atoms with E-state index in [4.69, 9.17) is 14.2 Å². The Morgan fingerprint density at radius 3 is 1.16 bits per heavy atom. The van der Waals surface area contributed by atoms with Gasteiger partial charge in [-0.3, -0.25) is 14.4 Å². The second-order valence-electron chi connectivity index (χ2n) is 16.1. The third kappa shape index (κ3) is 48.7. The molecule has 0 rings (SSSR count). The van der Waals surface area contributed by atoms with Crippen molar-refractivity contribution in [2.45, 2.75) is 207 Å². The molecule has 0 spiro atoms. The molecule has 0 saturated heterocycles. The summed E-state index contributed by atoms with van der Waals surface area (Å²) in [6, 6.07) is 0. The van der Waals surface area contributed by atoms with Crippen molar-refractivity contribution in [1.82, 2.24) is 0 Å². The van der Waals surface area contributed by atoms with Crippen molar-refractivity contribution in [2.75, 3.05) is 13.2 Å². The third-order valence-electron chi connectivity index (χ3n) is 10.1. The number of allylic oxidation sites excluding steroid dienone is 20. The van der Waals surface area contributed by atoms with Crippen LogP contribution in [0.25, 0.3) is 0 Å². The van der Waals surface area contributed by atoms with E-state index in [2.05, 4.69) is 87.6 Å². The highest BCUT2D eigenvalue weighted by molar-refractivity contribution is 5.71. The minimum atomic E-state index is -0.819. The lowest BCUT2D eigenvalue weighted by molar-refractivity contribution is -0.167. The van der Waals surface area contributed by atoms with Gasteiger partial charge in [0.05, 0.1) is 0 Å². The van der Waals surface area contributed by atoms with Gasteiger partial charge in [-0.25, -0.2) is 0 Å². The van der Waals surface area contributed by atoms with Crippen molar-refractivity contribution < 1.29 is 28.6 Å². The summed E-state index contributed by atoms with van der Waals surface area (Å²) in [5.74, 6) is -1.02. The molecule has 0 bridgehead atoms. The van der Waals surface area contributed by atoms with Crippen LogP contribution in [-0.4, -0.2) is 37.2 Å². The van der Waals surface area contributed by atoms with Gasteiger partial charge in [0.1, 0.15) is 13.2 Å². The summed E-state index contributed by atoms with van der Waals surface area (Å²) < 4.78 is 16.7. The zero-order chi connectivity index (χ0) is 45.8. The summed E-state index contributed by atoms with van der Waals surface area (Å²) in [7, 11) is 0. The van der Waals surface area contributed by atoms with Crippen molar-refractivity contribution >= 4 is 17.9 Å². The van der Waals surface area contributed by atoms with Gasteiger partial charge in [-0.15, -0.1) is 0 Å². The van der Waals surface area contributed by atoms with Gasteiger partial charge in [0.25, 0.3) is 0 Å². The lowest BCUT2D eigenvalue weighted by Crippen LogP contribution is -2.30. The molecular formula is C57H90O6. The number of carbonyl (C=O) groups is 3. The largest absolute Gasteiger partial charge is 0.462 e. The van der Waals surface area contributed by atoms with Crippen LogP contribution in [0.2, 0.25) is 0 Å². The van der Waals surface area contributed by atoms with Crippen LogP contribution in [0.1, 0.15) is 201 Å². The van der Waals surface area contributed by atoms with Crippen LogP contribution in [-0.2, 0) is 28.6 Å². The van der Waals surface area contributed by atoms with E-state index in [0.717, 1.165) is 83.5 Å². The fourth-order valence-corrected chi connectivity index (χ4v) is 6.38. The molecule has 0 aromatic rings. The van der Waals surface area contributed by atoms with E-state index < -0.39 is 6.10 Å². The Bertz CT molecular complexity index is 1370. The molecule has 0 saturated carbocycles. The molecule has 63 heavy (non-hydrogen) atoms. The molecule has 0 fully saturated rings. The molecule has 0 aromatic heterocycles. The molecule has 0 heterocycles. The maximum absolute atomic E-state index is 12.8. The summed E-state index contributed by atoms with van der Waals surface area (Å²) in [6.07, 6.45) is 69.0. The minimum absolute atomic E-state index is 0.113. The summed E-state index contributed by atoms with van der Waals surface area (Å²) in [4.78, 5) is 37.9. The van der Waals surface area contributed by atoms with Gasteiger partial charge >= 0.3 is 17.9 Å². The molecule has 0 aliphatic carbocycles. The van der Waals surface area contributed by atoms with Crippen molar-refractivity contribution in [3.05, 3.63) is 122 Å². The summed E-state index contributed by atoms with van der Waals surface area (Å²) >= 11 is 0. The van der Waals surface area contributed by atoms with Crippen molar-refractivity contribution in [3.8, 4) is 0 Å². The second kappa shape index (κ2) is 50.5. The summed E-state index contributed by atoms with van der Waals surface area (Å²) in [5.41, 5.74) is 0. The lowest BCUT2D eigenvalue weighted by Gasteiger charge is -2.18. The zero-order valence-electron chi connectivity index (χ0n) is 40.3. The SMILES string of the molecule is CC\C=C/C=C\C=C/C=C\C=C/CCCC(=O)OCC(COC(=O)CCCCCCCCC/C=C\C/C=C\CCCCC)OC(=O)CCCCCCCCC\C=C/C=C\C=C/CC. The van der Waals surface area contributed by atoms with Gasteiger partial charge in [-0.2, -0.15) is 0 Å². The number of esters is 3. The van der Waals surface area contributed by atoms with Gasteiger partial charge < -0.3 is 14.2 Å². The second-order valence-corrected chi connectivity index (χ2v) is 16.1. The number of hydrogen-bond acceptors (Lipinski definition) is 6. The average Bonchev–Trinajstić information content (AvgIpc) is 3.28. The highest BCUT2D eigenvalue weighted by Crippen LogP contribution is 2.13. The summed E-state index contributed by atoms with van der Waals surface area (Å²) in [5, 5.41) is 0. The molecule has 6 nitrogen and oxygen atoms in total. The number of hydrogen-bond donors (Lipinski definition) is 0. The smallest absolute Gasteiger partial charge is 0.306 e. The summed E-state index contributed by atoms with van der Waals surface area (Å²) in [6.45, 7) is 6.24. The first-order valence-electron chi connectivity index (χ1n) is 25.1. The van der Waals surface area contributed by atoms with Crippen LogP contribution in [0.3, 0.4) is 0 Å². The topological polar surface area (TPSA) is 78.9 Å². The van der Waals surface area contributed by atoms with Crippen LogP contribution in [0.15, 0.2) is 122 Å². The standard InChI is InChI=1S/C57H90O6/c1-4-7-10-13-16-19-22-25-27-28-30-32-35-38-41-44-47-50-56(59)62-53-54(52-61-55(58)49-46-43-40-37-34-31-24-21-18-15-12-9-6-3)63-57(60)51-48-45-42-39-36-33-29-26-23-20-17-14-11-8-5-2/h8-9,11-12,14-21,23-25,27,31,34,37,40,54H,4-7,10,13,22,26,28-30,32-33,35-36,38-39,41-53H2,1-3H3/b11-8-,12-9-,17-14-,18-15-,19-16-,23-20-,24-21-,27-25-,34-31-,40-37-. The monoisotopic (exact) mass is 871 g/mol. The molecular weight excluding hydrogens is 781 g/mol. The van der Waals surface area contributed by atoms with Crippen LogP contribution in [0.4, 0.5) is 0 Å². The number of rotatable bonds is 43. The Morgan fingerprint density at radius 1 is 0.349 bits per heavy atom. The predicted octanol–water partition coefficient (Wildman–Crippen LogP) is 16.5. The molecule has 0 N–H and O–H groups in total. The van der Waals surface area contributed by atoms with Crippen molar-refractivity contribution in [3.63, 3.8) is 0 Å². The predicted molar refractivity (Wildman–Crippen MR) is 269 cm³/mol. The quantitative estimate of drug-likeness (QED) is 0.0200. The van der Waals surface area contributed by atoms with Crippen LogP contribution >= 0.6 is 0 Å². The molecule has 1 atom stereocenters. The minimum Gasteiger partial charge on any atom is -0.462 e. The normalized spacial score (nSPS) is 13.1. The molecule has 354 valence electrons. The van der Waals surface area contributed by atoms with Gasteiger partial charge in [-0.05, 0) is 83.5 Å². The van der Waals surface area contributed by atoms with Gasteiger partial charge in [0.15, 0.2) is 6.10 Å². The Morgan fingerprint density at radius 2 is 0.698 bits per heavy atom. The first kappa shape index (κ1) is 58.8. The maximum Gasteiger partial charge on any atom is 0.306 e. The Balaban J connectivity index is 4.52. The first-order chi connectivity index (χ1) is 31.0. The Labute approximate surface area is 386 Å². The van der Waals surface area contributed by atoms with E-state index in [-0.39, 0.29) is 37.5 Å². The van der Waals surface area contributed by atoms with Gasteiger partial charge in [0, 0.05) is 19.3 Å². The van der Waals surface area contributed by atoms with Crippen LogP contribution in [0.5, 0.6) is 0 Å². The van der Waals surface area contributed by atoms with E-state index >= 15 is 0 Å². The highest BCUT2D eigenvalue weighted by Gasteiger charge is 2.19. The Hall–Kier alpha value is -4.19. The van der Waals surface area contributed by atoms with E-state index in [1.165, 1.54) is 70.6 Å². The van der Waals surface area contributed by atoms with Crippen molar-refractivity contribution in [2.24, 2.45) is 0 Å². The van der Waals surface area contributed by atoms with E-state index in [9.17, 15) is 14.4 Å². The van der Waals surface area contributed by atoms with E-state index in [1.54, 1.807) is 0 Å². The average molecular weight is 871 g/mol. The molecule has 6 heteroatoms. The fourth-order valence-electron chi connectivity index (χ4n) is 6.38. The Kier molecular flexibility index (Phi) is 47.1. The van der Waals surface area contributed by atoms with Crippen LogP contribution < -0.4 is 0 Å². The number of ether oxygens (including phenoxy) is 3. The highest BCUT2D eigenvalue weighted by atomic mass is 16.6. The molecule has 0 aromatic carbocycles. The lowest BCUT2D eigenvalue weighted by atomic mass is 10.1. The number of carbonyl (C=O) groups excluding carboxylic acids is 3. The fraction of sp³-hybridized carbons (Fsp3) is 0.596. The van der Waals surface area contributed by atoms with Crippen LogP contribution in [0, 0.1) is 0 Å². The first-order valence-corrected chi connectivity index (χ1v) is 25.1. The zero-order valence-corrected chi connectivity index (χ0v) is 40.3. The van der Waals surface area contributed by atoms with Crippen molar-refractivity contribution in [1.29, 1.82) is 0 Å². The van der Waals surface area contributed by atoms with E-state index in [0.29, 0.717) is 19.3 Å². The maximum atomic E-state index is 12.8. The molecule has 0 aliphatic heterocycles. The van der Waals surface area contributed by atoms with E-state index in [1.807, 2.05) is 54.7 Å². The molecule has 0 aliphatic rings. The van der Waals surface area contributed by atoms with Gasteiger partial charge in [-0.1, -0.05) is 219 Å². The molecule has 1 unspecified atom stereocenters. The molecule has 0 amide bonds.